The zero-order chi connectivity index (χ0) is 21.1. The largest absolute Gasteiger partial charge is 0.466 e. The molecular formula is C23H32N4O3. The molecule has 0 spiro atoms. The van der Waals surface area contributed by atoms with Gasteiger partial charge < -0.3 is 14.0 Å². The van der Waals surface area contributed by atoms with Crippen molar-refractivity contribution >= 4 is 17.5 Å². The highest BCUT2D eigenvalue weighted by molar-refractivity contribution is 5.94. The van der Waals surface area contributed by atoms with E-state index in [0.717, 1.165) is 62.2 Å². The number of aromatic nitrogens is 2. The number of aryl methyl sites for hydroxylation is 1. The number of carbonyl (C=O) groups is 2. The zero-order valence-electron chi connectivity index (χ0n) is 18.1. The summed E-state index contributed by atoms with van der Waals surface area (Å²) in [5, 5.41) is 0. The molecule has 0 N–H and O–H groups in total. The Morgan fingerprint density at radius 3 is 2.73 bits per heavy atom. The Hall–Kier alpha value is -2.41. The summed E-state index contributed by atoms with van der Waals surface area (Å²) in [4.78, 5) is 34.6. The van der Waals surface area contributed by atoms with Gasteiger partial charge in [-0.3, -0.25) is 14.5 Å². The van der Waals surface area contributed by atoms with Gasteiger partial charge in [0.15, 0.2) is 5.69 Å². The van der Waals surface area contributed by atoms with Crippen LogP contribution in [-0.4, -0.2) is 63.8 Å². The second kappa shape index (κ2) is 9.16. The molecule has 2 aliphatic rings. The van der Waals surface area contributed by atoms with Crippen molar-refractivity contribution in [1.82, 2.24) is 19.2 Å². The summed E-state index contributed by atoms with van der Waals surface area (Å²) in [5.74, 6) is -0.173. The van der Waals surface area contributed by atoms with E-state index in [4.69, 9.17) is 9.72 Å². The molecule has 2 fully saturated rings. The number of carbonyl (C=O) groups excluding carboxylic acids is 2. The van der Waals surface area contributed by atoms with Gasteiger partial charge in [-0.2, -0.15) is 0 Å². The lowest BCUT2D eigenvalue weighted by molar-refractivity contribution is -0.150. The number of imidazole rings is 1. The van der Waals surface area contributed by atoms with Gasteiger partial charge in [0.2, 0.25) is 0 Å². The minimum absolute atomic E-state index is 0.0340. The van der Waals surface area contributed by atoms with Crippen LogP contribution in [-0.2, 0) is 16.1 Å². The molecule has 2 aromatic rings. The van der Waals surface area contributed by atoms with Gasteiger partial charge in [0.1, 0.15) is 5.65 Å². The van der Waals surface area contributed by atoms with Crippen LogP contribution in [0.15, 0.2) is 18.3 Å². The molecule has 0 aromatic carbocycles. The molecule has 1 atom stereocenters. The Balaban J connectivity index is 1.62. The molecule has 1 amide bonds. The summed E-state index contributed by atoms with van der Waals surface area (Å²) in [6.07, 6.45) is 7.10. The molecule has 0 radical (unpaired) electrons. The standard InChI is InChI=1S/C23H32N4O3/c1-3-30-23(29)18-10-8-11-25(15-18)16-19-20(22(28)26-12-5-4-6-13-26)24-21-17(2)9-7-14-27(19)21/h7,9,14,18H,3-6,8,10-13,15-16H2,1-2H3/t18-/m1/s1. The predicted octanol–water partition coefficient (Wildman–Crippen LogP) is 3.04. The molecule has 0 aliphatic carbocycles. The average molecular weight is 413 g/mol. The fraction of sp³-hybridized carbons (Fsp3) is 0.609. The number of piperidine rings is 2. The van der Waals surface area contributed by atoms with Gasteiger partial charge in [0.25, 0.3) is 5.91 Å². The fourth-order valence-electron chi connectivity index (χ4n) is 4.69. The van der Waals surface area contributed by atoms with Gasteiger partial charge >= 0.3 is 5.97 Å². The number of rotatable bonds is 5. The minimum atomic E-state index is -0.110. The molecule has 0 saturated carbocycles. The summed E-state index contributed by atoms with van der Waals surface area (Å²) in [6, 6.07) is 4.03. The van der Waals surface area contributed by atoms with E-state index in [2.05, 4.69) is 9.30 Å². The van der Waals surface area contributed by atoms with Crippen LogP contribution in [0, 0.1) is 12.8 Å². The molecule has 2 aliphatic heterocycles. The zero-order valence-corrected chi connectivity index (χ0v) is 18.1. The molecule has 0 unspecified atom stereocenters. The van der Waals surface area contributed by atoms with E-state index in [9.17, 15) is 9.59 Å². The number of nitrogens with zero attached hydrogens (tertiary/aromatic N) is 4. The van der Waals surface area contributed by atoms with Gasteiger partial charge in [-0.25, -0.2) is 4.98 Å². The second-order valence-electron chi connectivity index (χ2n) is 8.47. The first kappa shape index (κ1) is 20.8. The molecular weight excluding hydrogens is 380 g/mol. The van der Waals surface area contributed by atoms with Crippen LogP contribution in [0.1, 0.15) is 60.8 Å². The maximum absolute atomic E-state index is 13.4. The van der Waals surface area contributed by atoms with E-state index in [-0.39, 0.29) is 17.8 Å². The minimum Gasteiger partial charge on any atom is -0.466 e. The summed E-state index contributed by atoms with van der Waals surface area (Å²) in [7, 11) is 0. The first-order valence-electron chi connectivity index (χ1n) is 11.2. The maximum atomic E-state index is 13.4. The summed E-state index contributed by atoms with van der Waals surface area (Å²) in [5.41, 5.74) is 3.38. The van der Waals surface area contributed by atoms with Crippen LogP contribution in [0.5, 0.6) is 0 Å². The number of likely N-dealkylation sites (tertiary alicyclic amines) is 2. The van der Waals surface area contributed by atoms with Crippen molar-refractivity contribution in [1.29, 1.82) is 0 Å². The van der Waals surface area contributed by atoms with Crippen molar-refractivity contribution in [3.05, 3.63) is 35.3 Å². The first-order valence-corrected chi connectivity index (χ1v) is 11.2. The Morgan fingerprint density at radius 2 is 1.97 bits per heavy atom. The van der Waals surface area contributed by atoms with Gasteiger partial charge in [-0.05, 0) is 64.1 Å². The van der Waals surface area contributed by atoms with E-state index in [0.29, 0.717) is 25.4 Å². The van der Waals surface area contributed by atoms with Crippen molar-refractivity contribution in [2.45, 2.75) is 52.5 Å². The second-order valence-corrected chi connectivity index (χ2v) is 8.47. The number of pyridine rings is 1. The lowest BCUT2D eigenvalue weighted by Crippen LogP contribution is -2.40. The van der Waals surface area contributed by atoms with Crippen molar-refractivity contribution in [2.75, 3.05) is 32.8 Å². The van der Waals surface area contributed by atoms with E-state index >= 15 is 0 Å². The highest BCUT2D eigenvalue weighted by Crippen LogP contribution is 2.24. The Labute approximate surface area is 178 Å². The summed E-state index contributed by atoms with van der Waals surface area (Å²) < 4.78 is 7.30. The van der Waals surface area contributed by atoms with Gasteiger partial charge in [-0.15, -0.1) is 0 Å². The molecule has 7 heteroatoms. The summed E-state index contributed by atoms with van der Waals surface area (Å²) >= 11 is 0. The van der Waals surface area contributed by atoms with Crippen molar-refractivity contribution in [3.8, 4) is 0 Å². The van der Waals surface area contributed by atoms with Crippen molar-refractivity contribution in [2.24, 2.45) is 5.92 Å². The smallest absolute Gasteiger partial charge is 0.310 e. The van der Waals surface area contributed by atoms with Crippen LogP contribution in [0.2, 0.25) is 0 Å². The quantitative estimate of drug-likeness (QED) is 0.706. The normalized spacial score (nSPS) is 20.5. The maximum Gasteiger partial charge on any atom is 0.310 e. The number of esters is 1. The van der Waals surface area contributed by atoms with Crippen molar-refractivity contribution < 1.29 is 14.3 Å². The SMILES string of the molecule is CCOC(=O)[C@@H]1CCCN(Cc2c(C(=O)N3CCCCC3)nc3c(C)cccn23)C1. The number of hydrogen-bond acceptors (Lipinski definition) is 5. The third kappa shape index (κ3) is 4.21. The van der Waals surface area contributed by atoms with Crippen molar-refractivity contribution in [3.63, 3.8) is 0 Å². The van der Waals surface area contributed by atoms with E-state index < -0.39 is 0 Å². The molecule has 2 saturated heterocycles. The lowest BCUT2D eigenvalue weighted by atomic mass is 9.98. The van der Waals surface area contributed by atoms with Crippen LogP contribution in [0.3, 0.4) is 0 Å². The number of fused-ring (bicyclic) bond motifs is 1. The van der Waals surface area contributed by atoms with E-state index in [1.54, 1.807) is 0 Å². The van der Waals surface area contributed by atoms with Crippen LogP contribution < -0.4 is 0 Å². The van der Waals surface area contributed by atoms with Gasteiger partial charge in [0, 0.05) is 32.4 Å². The van der Waals surface area contributed by atoms with Crippen LogP contribution >= 0.6 is 0 Å². The van der Waals surface area contributed by atoms with E-state index in [1.165, 1.54) is 6.42 Å². The first-order chi connectivity index (χ1) is 14.6. The Bertz CT molecular complexity index is 917. The highest BCUT2D eigenvalue weighted by Gasteiger charge is 2.30. The molecule has 7 nitrogen and oxygen atoms in total. The Kier molecular flexibility index (Phi) is 6.37. The lowest BCUT2D eigenvalue weighted by Gasteiger charge is -2.31. The van der Waals surface area contributed by atoms with Crippen LogP contribution in [0.25, 0.3) is 5.65 Å². The molecule has 162 valence electrons. The predicted molar refractivity (Wildman–Crippen MR) is 114 cm³/mol. The third-order valence-electron chi connectivity index (χ3n) is 6.29. The highest BCUT2D eigenvalue weighted by atomic mass is 16.5. The molecule has 4 heterocycles. The number of amides is 1. The monoisotopic (exact) mass is 412 g/mol. The average Bonchev–Trinajstić information content (AvgIpc) is 3.14. The molecule has 2 aromatic heterocycles. The molecule has 0 bridgehead atoms. The summed E-state index contributed by atoms with van der Waals surface area (Å²) in [6.45, 7) is 8.07. The van der Waals surface area contributed by atoms with Crippen LogP contribution in [0.4, 0.5) is 0 Å². The number of ether oxygens (including phenoxy) is 1. The molecule has 30 heavy (non-hydrogen) atoms. The van der Waals surface area contributed by atoms with Gasteiger partial charge in [-0.1, -0.05) is 6.07 Å². The van der Waals surface area contributed by atoms with E-state index in [1.807, 2.05) is 37.1 Å². The third-order valence-corrected chi connectivity index (χ3v) is 6.29. The Morgan fingerprint density at radius 1 is 1.17 bits per heavy atom. The van der Waals surface area contributed by atoms with Gasteiger partial charge in [0.05, 0.1) is 18.2 Å². The molecule has 4 rings (SSSR count). The topological polar surface area (TPSA) is 67.2 Å². The fourth-order valence-corrected chi connectivity index (χ4v) is 4.69. The number of hydrogen-bond donors (Lipinski definition) is 0.